The quantitative estimate of drug-likeness (QED) is 0.0413. The average molecular weight is 668 g/mol. The maximum Gasteiger partial charge on any atom is 0.496 e. The van der Waals surface area contributed by atoms with Crippen molar-refractivity contribution in [3.63, 3.8) is 0 Å². The highest BCUT2D eigenvalue weighted by atomic mass is 35.5. The zero-order chi connectivity index (χ0) is 31.4. The number of ketones is 2. The molecule has 4 rings (SSSR count). The number of phosphoric acid groups is 1. The summed E-state index contributed by atoms with van der Waals surface area (Å²) in [5, 5.41) is 0.634. The summed E-state index contributed by atoms with van der Waals surface area (Å²) in [6, 6.07) is 31.0. The molecular formula is C33H31ClNO6PS2. The predicted molar refractivity (Wildman–Crippen MR) is 177 cm³/mol. The number of benzene rings is 4. The van der Waals surface area contributed by atoms with E-state index in [1.165, 1.54) is 23.5 Å². The topological polar surface area (TPSA) is 90.9 Å². The van der Waals surface area contributed by atoms with E-state index in [1.807, 2.05) is 66.7 Å². The maximum absolute atomic E-state index is 13.5. The van der Waals surface area contributed by atoms with Gasteiger partial charge in [-0.3, -0.25) is 24.1 Å². The fourth-order valence-electron chi connectivity index (χ4n) is 3.84. The van der Waals surface area contributed by atoms with Crippen LogP contribution in [0.4, 0.5) is 0 Å². The summed E-state index contributed by atoms with van der Waals surface area (Å²) < 4.78 is 28.5. The molecule has 0 aliphatic heterocycles. The van der Waals surface area contributed by atoms with Crippen LogP contribution in [0, 0.1) is 0 Å². The molecule has 11 heteroatoms. The number of halogens is 1. The molecule has 0 aliphatic rings. The van der Waals surface area contributed by atoms with Crippen LogP contribution in [-0.2, 0) is 18.2 Å². The number of carbonyl (C=O) groups is 2. The molecule has 0 unspecified atom stereocenters. The zero-order valence-electron chi connectivity index (χ0n) is 24.1. The number of nitrogens with one attached hydrogen (secondary N) is 1. The van der Waals surface area contributed by atoms with Crippen LogP contribution in [0.3, 0.4) is 0 Å². The molecule has 0 amide bonds. The number of hydrogen-bond donors (Lipinski definition) is 1. The van der Waals surface area contributed by atoms with Gasteiger partial charge in [0.15, 0.2) is 5.78 Å². The lowest BCUT2D eigenvalue weighted by atomic mass is 10.0. The van der Waals surface area contributed by atoms with Crippen molar-refractivity contribution >= 4 is 54.5 Å². The average Bonchev–Trinajstić information content (AvgIpc) is 3.04. The summed E-state index contributed by atoms with van der Waals surface area (Å²) in [5.74, 6) is 0.0297. The molecule has 0 atom stereocenters. The summed E-state index contributed by atoms with van der Waals surface area (Å²) in [6.45, 7) is 3.53. The van der Waals surface area contributed by atoms with Gasteiger partial charge in [0.1, 0.15) is 5.70 Å². The summed E-state index contributed by atoms with van der Waals surface area (Å²) in [6.07, 6.45) is 1.66. The third-order valence-electron chi connectivity index (χ3n) is 5.94. The summed E-state index contributed by atoms with van der Waals surface area (Å²) in [5.41, 5.74) is 4.28. The molecule has 44 heavy (non-hydrogen) atoms. The third kappa shape index (κ3) is 9.94. The van der Waals surface area contributed by atoms with Crippen molar-refractivity contribution < 1.29 is 27.8 Å². The second kappa shape index (κ2) is 16.8. The Hall–Kier alpha value is -3.14. The van der Waals surface area contributed by atoms with E-state index in [0.29, 0.717) is 27.5 Å². The van der Waals surface area contributed by atoms with E-state index in [2.05, 4.69) is 5.48 Å². The van der Waals surface area contributed by atoms with Gasteiger partial charge in [0, 0.05) is 42.2 Å². The Morgan fingerprint density at radius 3 is 1.84 bits per heavy atom. The van der Waals surface area contributed by atoms with Crippen LogP contribution in [0.1, 0.15) is 40.1 Å². The highest BCUT2D eigenvalue weighted by Gasteiger charge is 2.27. The van der Waals surface area contributed by atoms with Crippen LogP contribution < -0.4 is 5.48 Å². The van der Waals surface area contributed by atoms with Crippen molar-refractivity contribution in [2.45, 2.75) is 28.5 Å². The number of allylic oxidation sites excluding steroid dienone is 1. The molecular weight excluding hydrogens is 637 g/mol. The SMILES string of the molecule is CCOP(=O)(OCC)ON/C(=C\CSc1ccc(Cl)cc1)C(=O)c1ccc(Sc2ccc(C(=O)c3ccccc3)cc2)cc1. The fourth-order valence-corrected chi connectivity index (χ4v) is 6.58. The van der Waals surface area contributed by atoms with Crippen LogP contribution in [0.25, 0.3) is 0 Å². The fraction of sp³-hybridized carbons (Fsp3) is 0.152. The van der Waals surface area contributed by atoms with E-state index in [9.17, 15) is 14.2 Å². The number of carbonyl (C=O) groups excluding carboxylic acids is 2. The monoisotopic (exact) mass is 667 g/mol. The van der Waals surface area contributed by atoms with E-state index in [4.69, 9.17) is 25.3 Å². The first kappa shape index (κ1) is 33.7. The number of rotatable bonds is 16. The maximum atomic E-state index is 13.5. The van der Waals surface area contributed by atoms with E-state index in [-0.39, 0.29) is 30.5 Å². The number of Topliss-reactive ketones (excluding diaryl/α,β-unsaturated/α-hetero) is 1. The molecule has 0 heterocycles. The Balaban J connectivity index is 1.45. The molecule has 0 radical (unpaired) electrons. The van der Waals surface area contributed by atoms with Crippen LogP contribution >= 0.6 is 42.9 Å². The minimum atomic E-state index is -3.92. The van der Waals surface area contributed by atoms with E-state index in [1.54, 1.807) is 56.3 Å². The largest absolute Gasteiger partial charge is 0.496 e. The molecule has 0 saturated heterocycles. The standard InChI is InChI=1S/C33H31ClNO6PS2/c1-3-39-42(38,40-4-2)41-35-31(22-23-43-28-20-14-27(34)15-21-28)33(37)26-12-18-30(19-13-26)44-29-16-10-25(11-17-29)32(36)24-8-6-5-7-9-24/h5-22,35H,3-4,23H2,1-2H3/b31-22-. The van der Waals surface area contributed by atoms with Gasteiger partial charge in [-0.15, -0.1) is 11.8 Å². The highest BCUT2D eigenvalue weighted by molar-refractivity contribution is 7.99. The molecule has 0 spiro atoms. The summed E-state index contributed by atoms with van der Waals surface area (Å²) in [7, 11) is -3.92. The van der Waals surface area contributed by atoms with Crippen molar-refractivity contribution in [1.82, 2.24) is 5.48 Å². The van der Waals surface area contributed by atoms with Crippen LogP contribution in [-0.4, -0.2) is 30.5 Å². The van der Waals surface area contributed by atoms with Gasteiger partial charge in [-0.2, -0.15) is 4.62 Å². The molecule has 4 aromatic carbocycles. The van der Waals surface area contributed by atoms with E-state index < -0.39 is 7.82 Å². The first-order valence-corrected chi connectivity index (χ1v) is 17.4. The summed E-state index contributed by atoms with van der Waals surface area (Å²) in [4.78, 5) is 29.0. The Morgan fingerprint density at radius 1 is 0.750 bits per heavy atom. The third-order valence-corrected chi connectivity index (χ3v) is 9.61. The molecule has 4 aromatic rings. The Kier molecular flexibility index (Phi) is 12.9. The minimum absolute atomic E-state index is 0.0307. The Labute approximate surface area is 270 Å². The van der Waals surface area contributed by atoms with Crippen LogP contribution in [0.15, 0.2) is 130 Å². The Bertz CT molecular complexity index is 1610. The first-order chi connectivity index (χ1) is 21.3. The van der Waals surface area contributed by atoms with Gasteiger partial charge in [-0.25, -0.2) is 4.57 Å². The first-order valence-electron chi connectivity index (χ1n) is 13.7. The molecule has 0 fully saturated rings. The molecule has 7 nitrogen and oxygen atoms in total. The van der Waals surface area contributed by atoms with E-state index in [0.717, 1.165) is 14.7 Å². The van der Waals surface area contributed by atoms with Gasteiger partial charge < -0.3 is 0 Å². The van der Waals surface area contributed by atoms with Crippen molar-refractivity contribution in [1.29, 1.82) is 0 Å². The number of thioether (sulfide) groups is 1. The number of hydrogen-bond acceptors (Lipinski definition) is 9. The number of phosphoric ester groups is 1. The molecule has 0 aliphatic carbocycles. The van der Waals surface area contributed by atoms with Crippen LogP contribution in [0.5, 0.6) is 0 Å². The van der Waals surface area contributed by atoms with Crippen molar-refractivity contribution in [2.24, 2.45) is 0 Å². The normalized spacial score (nSPS) is 11.8. The van der Waals surface area contributed by atoms with Crippen molar-refractivity contribution in [2.75, 3.05) is 19.0 Å². The molecule has 1 N–H and O–H groups in total. The van der Waals surface area contributed by atoms with Gasteiger partial charge in [0.25, 0.3) is 0 Å². The highest BCUT2D eigenvalue weighted by Crippen LogP contribution is 2.48. The van der Waals surface area contributed by atoms with Crippen LogP contribution in [0.2, 0.25) is 5.02 Å². The lowest BCUT2D eigenvalue weighted by Crippen LogP contribution is -2.22. The predicted octanol–water partition coefficient (Wildman–Crippen LogP) is 9.28. The van der Waals surface area contributed by atoms with Gasteiger partial charge >= 0.3 is 7.82 Å². The number of hydroxylamine groups is 1. The molecule has 228 valence electrons. The molecule has 0 aromatic heterocycles. The second-order valence-corrected chi connectivity index (χ2v) is 13.3. The van der Waals surface area contributed by atoms with Gasteiger partial charge in [0.2, 0.25) is 5.78 Å². The zero-order valence-corrected chi connectivity index (χ0v) is 27.4. The van der Waals surface area contributed by atoms with Gasteiger partial charge in [0.05, 0.1) is 13.2 Å². The Morgan fingerprint density at radius 2 is 1.27 bits per heavy atom. The lowest BCUT2D eigenvalue weighted by Gasteiger charge is -2.18. The molecule has 0 bridgehead atoms. The minimum Gasteiger partial charge on any atom is -0.289 e. The van der Waals surface area contributed by atoms with Gasteiger partial charge in [-0.05, 0) is 92.7 Å². The van der Waals surface area contributed by atoms with Gasteiger partial charge in [-0.1, -0.05) is 53.7 Å². The van der Waals surface area contributed by atoms with E-state index >= 15 is 0 Å². The summed E-state index contributed by atoms with van der Waals surface area (Å²) >= 11 is 8.98. The smallest absolute Gasteiger partial charge is 0.289 e. The second-order valence-electron chi connectivity index (χ2n) is 9.03. The van der Waals surface area contributed by atoms with Crippen molar-refractivity contribution in [3.05, 3.63) is 137 Å². The molecule has 0 saturated carbocycles. The van der Waals surface area contributed by atoms with Crippen molar-refractivity contribution in [3.8, 4) is 0 Å². The lowest BCUT2D eigenvalue weighted by molar-refractivity contribution is 0.0812.